The molecule has 34 heavy (non-hydrogen) atoms. The molecule has 10 heteroatoms. The van der Waals surface area contributed by atoms with Crippen LogP contribution in [-0.4, -0.2) is 78.8 Å². The summed E-state index contributed by atoms with van der Waals surface area (Å²) >= 11 is 0. The zero-order valence-electron chi connectivity index (χ0n) is 19.2. The van der Waals surface area contributed by atoms with Gasteiger partial charge in [-0.15, -0.1) is 0 Å². The predicted octanol–water partition coefficient (Wildman–Crippen LogP) is 2.47. The predicted molar refractivity (Wildman–Crippen MR) is 126 cm³/mol. The van der Waals surface area contributed by atoms with Crippen molar-refractivity contribution in [1.29, 1.82) is 5.26 Å². The molecule has 1 saturated heterocycles. The van der Waals surface area contributed by atoms with Gasteiger partial charge in [-0.25, -0.2) is 14.8 Å². The van der Waals surface area contributed by atoms with Gasteiger partial charge in [-0.05, 0) is 38.2 Å². The smallest absolute Gasteiger partial charge is 0.317 e. The number of nitrogens with one attached hydrogen (secondary N) is 2. The maximum atomic E-state index is 12.5. The molecule has 10 nitrogen and oxygen atoms in total. The molecular formula is C24H29N9O. The van der Waals surface area contributed by atoms with Crippen LogP contribution in [0.15, 0.2) is 31.0 Å². The van der Waals surface area contributed by atoms with E-state index in [1.807, 2.05) is 34.2 Å². The van der Waals surface area contributed by atoms with Crippen LogP contribution < -0.4 is 5.32 Å². The van der Waals surface area contributed by atoms with Crippen LogP contribution in [0.2, 0.25) is 0 Å². The van der Waals surface area contributed by atoms with E-state index in [4.69, 9.17) is 0 Å². The Bertz CT molecular complexity index is 1220. The van der Waals surface area contributed by atoms with E-state index in [1.165, 1.54) is 6.42 Å². The van der Waals surface area contributed by atoms with Crippen molar-refractivity contribution in [1.82, 2.24) is 39.8 Å². The van der Waals surface area contributed by atoms with E-state index in [0.717, 1.165) is 74.2 Å². The number of urea groups is 1. The number of aromatic amines is 1. The van der Waals surface area contributed by atoms with Crippen LogP contribution in [0.5, 0.6) is 0 Å². The number of carbonyl (C=O) groups excluding carboxylic acids is 1. The first-order valence-electron chi connectivity index (χ1n) is 12.2. The zero-order valence-corrected chi connectivity index (χ0v) is 19.2. The first-order chi connectivity index (χ1) is 16.6. The molecule has 4 heterocycles. The summed E-state index contributed by atoms with van der Waals surface area (Å²) in [7, 11) is 0. The first-order valence-corrected chi connectivity index (χ1v) is 12.2. The average Bonchev–Trinajstić information content (AvgIpc) is 3.48. The molecule has 2 aliphatic carbocycles. The minimum atomic E-state index is -0.291. The van der Waals surface area contributed by atoms with E-state index in [-0.39, 0.29) is 11.6 Å². The fraction of sp³-hybridized carbons (Fsp3) is 0.542. The van der Waals surface area contributed by atoms with Gasteiger partial charge < -0.3 is 15.2 Å². The van der Waals surface area contributed by atoms with Crippen LogP contribution in [0.4, 0.5) is 4.79 Å². The number of rotatable bonds is 5. The highest BCUT2D eigenvalue weighted by molar-refractivity contribution is 5.90. The van der Waals surface area contributed by atoms with Gasteiger partial charge in [-0.2, -0.15) is 10.4 Å². The molecule has 0 spiro atoms. The Kier molecular flexibility index (Phi) is 5.21. The second kappa shape index (κ2) is 8.40. The van der Waals surface area contributed by atoms with Crippen LogP contribution in [0.1, 0.15) is 38.5 Å². The summed E-state index contributed by atoms with van der Waals surface area (Å²) in [4.78, 5) is 28.7. The molecule has 0 unspecified atom stereocenters. The number of aromatic nitrogens is 5. The summed E-state index contributed by atoms with van der Waals surface area (Å²) in [5, 5.41) is 18.3. The highest BCUT2D eigenvalue weighted by atomic mass is 16.2. The van der Waals surface area contributed by atoms with Gasteiger partial charge >= 0.3 is 6.03 Å². The summed E-state index contributed by atoms with van der Waals surface area (Å²) in [5.74, 6) is 0. The van der Waals surface area contributed by atoms with E-state index in [2.05, 4.69) is 36.3 Å². The number of piperazine rings is 1. The Morgan fingerprint density at radius 2 is 2.06 bits per heavy atom. The Labute approximate surface area is 198 Å². The van der Waals surface area contributed by atoms with E-state index in [0.29, 0.717) is 18.5 Å². The molecule has 2 amide bonds. The number of hydrogen-bond acceptors (Lipinski definition) is 6. The molecule has 176 valence electrons. The minimum Gasteiger partial charge on any atom is -0.346 e. The van der Waals surface area contributed by atoms with Gasteiger partial charge in [0, 0.05) is 61.6 Å². The van der Waals surface area contributed by atoms with Crippen molar-refractivity contribution in [3.05, 3.63) is 31.0 Å². The third-order valence-corrected chi connectivity index (χ3v) is 7.89. The van der Waals surface area contributed by atoms with Gasteiger partial charge in [0.05, 0.1) is 29.9 Å². The normalized spacial score (nSPS) is 25.5. The molecule has 2 saturated carbocycles. The van der Waals surface area contributed by atoms with Gasteiger partial charge in [0.2, 0.25) is 0 Å². The zero-order chi connectivity index (χ0) is 23.1. The largest absolute Gasteiger partial charge is 0.346 e. The van der Waals surface area contributed by atoms with Crippen molar-refractivity contribution in [3.63, 3.8) is 0 Å². The molecule has 3 aromatic rings. The fourth-order valence-electron chi connectivity index (χ4n) is 5.55. The van der Waals surface area contributed by atoms with E-state index in [9.17, 15) is 10.1 Å². The highest BCUT2D eigenvalue weighted by Gasteiger charge is 2.49. The maximum Gasteiger partial charge on any atom is 0.317 e. The number of H-pyrrole nitrogens is 1. The molecule has 3 aromatic heterocycles. The number of fused-ring (bicyclic) bond motifs is 1. The second-order valence-corrected chi connectivity index (χ2v) is 9.86. The summed E-state index contributed by atoms with van der Waals surface area (Å²) in [5.41, 5.74) is 2.28. The van der Waals surface area contributed by atoms with Crippen molar-refractivity contribution in [3.8, 4) is 17.3 Å². The molecule has 3 aliphatic rings. The van der Waals surface area contributed by atoms with Gasteiger partial charge in [0.1, 0.15) is 12.0 Å². The molecule has 3 fully saturated rings. The lowest BCUT2D eigenvalue weighted by molar-refractivity contribution is -0.0132. The molecule has 0 aromatic carbocycles. The average molecular weight is 460 g/mol. The van der Waals surface area contributed by atoms with E-state index in [1.54, 1.807) is 6.33 Å². The number of carbonyl (C=O) groups is 1. The standard InChI is InChI=1S/C24H29N9O/c25-6-5-24(33-15-17(14-29-33)21-20-4-7-26-22(20)28-16-27-21)12-19(13-24)31-8-10-32(11-9-31)23(34)30-18-2-1-3-18/h4,7,14-16,18-19H,1-3,5,8-13H2,(H,30,34)(H,26,27,28). The molecule has 2 N–H and O–H groups in total. The first kappa shape index (κ1) is 21.1. The summed E-state index contributed by atoms with van der Waals surface area (Å²) < 4.78 is 1.98. The highest BCUT2D eigenvalue weighted by Crippen LogP contribution is 2.45. The van der Waals surface area contributed by atoms with Crippen molar-refractivity contribution in [2.24, 2.45) is 0 Å². The van der Waals surface area contributed by atoms with E-state index >= 15 is 0 Å². The van der Waals surface area contributed by atoms with Crippen molar-refractivity contribution < 1.29 is 4.79 Å². The van der Waals surface area contributed by atoms with Crippen LogP contribution >= 0.6 is 0 Å². The Hall–Kier alpha value is -3.45. The lowest BCUT2D eigenvalue weighted by Crippen LogP contribution is -2.61. The minimum absolute atomic E-state index is 0.0853. The molecule has 0 atom stereocenters. The number of hydrogen-bond donors (Lipinski definition) is 2. The number of nitrogens with zero attached hydrogens (tertiary/aromatic N) is 7. The van der Waals surface area contributed by atoms with Crippen molar-refractivity contribution in [2.75, 3.05) is 26.2 Å². The van der Waals surface area contributed by atoms with Gasteiger partial charge in [-0.3, -0.25) is 9.58 Å². The van der Waals surface area contributed by atoms with Gasteiger partial charge in [0.15, 0.2) is 0 Å². The molecule has 0 bridgehead atoms. The van der Waals surface area contributed by atoms with E-state index < -0.39 is 0 Å². The van der Waals surface area contributed by atoms with Gasteiger partial charge in [-0.1, -0.05) is 0 Å². The summed E-state index contributed by atoms with van der Waals surface area (Å²) in [6, 6.07) is 5.23. The number of amides is 2. The van der Waals surface area contributed by atoms with Gasteiger partial charge in [0.25, 0.3) is 0 Å². The molecule has 1 aliphatic heterocycles. The van der Waals surface area contributed by atoms with Crippen LogP contribution in [0.25, 0.3) is 22.3 Å². The Morgan fingerprint density at radius 1 is 1.24 bits per heavy atom. The third kappa shape index (κ3) is 3.60. The van der Waals surface area contributed by atoms with Crippen LogP contribution in [0, 0.1) is 11.3 Å². The second-order valence-electron chi connectivity index (χ2n) is 9.86. The quantitative estimate of drug-likeness (QED) is 0.605. The molecule has 6 rings (SSSR count). The SMILES string of the molecule is N#CCC1(n2cc(-c3ncnc4[nH]ccc34)cn2)CC(N2CCN(C(=O)NC3CCC3)CC2)C1. The maximum absolute atomic E-state index is 12.5. The lowest BCUT2D eigenvalue weighted by Gasteiger charge is -2.52. The van der Waals surface area contributed by atoms with Crippen LogP contribution in [-0.2, 0) is 5.54 Å². The monoisotopic (exact) mass is 459 g/mol. The van der Waals surface area contributed by atoms with Crippen molar-refractivity contribution >= 4 is 17.1 Å². The third-order valence-electron chi connectivity index (χ3n) is 7.89. The Balaban J connectivity index is 1.11. The van der Waals surface area contributed by atoms with Crippen LogP contribution in [0.3, 0.4) is 0 Å². The summed E-state index contributed by atoms with van der Waals surface area (Å²) in [6.45, 7) is 3.27. The lowest BCUT2D eigenvalue weighted by atomic mass is 9.70. The molecule has 0 radical (unpaired) electrons. The van der Waals surface area contributed by atoms with Crippen molar-refractivity contribution in [2.45, 2.75) is 56.1 Å². The topological polar surface area (TPSA) is 119 Å². The molecular weight excluding hydrogens is 430 g/mol. The Morgan fingerprint density at radius 3 is 2.79 bits per heavy atom. The number of nitriles is 1. The summed E-state index contributed by atoms with van der Waals surface area (Å²) in [6.07, 6.45) is 12.9. The fourth-order valence-corrected chi connectivity index (χ4v) is 5.55.